The van der Waals surface area contributed by atoms with Crippen molar-refractivity contribution >= 4 is 0 Å². The molecular weight excluding hydrogens is 274 g/mol. The molecule has 0 amide bonds. The van der Waals surface area contributed by atoms with Gasteiger partial charge in [0.1, 0.15) is 0 Å². The Kier molecular flexibility index (Phi) is 3.83. The Labute approximate surface area is 97.0 Å². The molecule has 106 valence electrons. The van der Waals surface area contributed by atoms with Gasteiger partial charge in [-0.15, -0.1) is 13.2 Å². The van der Waals surface area contributed by atoms with Gasteiger partial charge < -0.3 is 0 Å². The number of hydrogen-bond donors (Lipinski definition) is 0. The van der Waals surface area contributed by atoms with Crippen molar-refractivity contribution in [1.82, 2.24) is 4.90 Å². The van der Waals surface area contributed by atoms with E-state index >= 15 is 0 Å². The van der Waals surface area contributed by atoms with Crippen LogP contribution in [0.4, 0.5) is 35.1 Å². The first kappa shape index (κ1) is 15.0. The minimum absolute atomic E-state index is 0.0514. The molecule has 1 nitrogen and oxygen atoms in total. The lowest BCUT2D eigenvalue weighted by Crippen LogP contribution is -2.57. The summed E-state index contributed by atoms with van der Waals surface area (Å²) in [6.07, 6.45) is -11.1. The smallest absolute Gasteiger partial charge is 0.220 e. The first-order chi connectivity index (χ1) is 7.98. The molecule has 0 saturated heterocycles. The van der Waals surface area contributed by atoms with Crippen molar-refractivity contribution < 1.29 is 35.1 Å². The Bertz CT molecular complexity index is 326. The van der Waals surface area contributed by atoms with E-state index in [1.54, 1.807) is 0 Å². The van der Waals surface area contributed by atoms with Crippen LogP contribution in [-0.2, 0) is 0 Å². The van der Waals surface area contributed by atoms with Crippen LogP contribution in [0.25, 0.3) is 0 Å². The summed E-state index contributed by atoms with van der Waals surface area (Å²) in [6, 6.07) is -5.96. The Hall–Kier alpha value is -1.02. The number of allylic oxidation sites excluding steroid dienone is 2. The first-order valence-electron chi connectivity index (χ1n) is 4.98. The monoisotopic (exact) mass is 283 g/mol. The van der Waals surface area contributed by atoms with E-state index in [1.807, 2.05) is 0 Å². The van der Waals surface area contributed by atoms with Crippen LogP contribution in [0.5, 0.6) is 0 Å². The molecule has 9 heteroatoms. The van der Waals surface area contributed by atoms with Crippen molar-refractivity contribution in [2.24, 2.45) is 0 Å². The van der Waals surface area contributed by atoms with Gasteiger partial charge in [0.15, 0.2) is 0 Å². The summed E-state index contributed by atoms with van der Waals surface area (Å²) in [7, 11) is 0. The third kappa shape index (κ3) is 2.86. The molecule has 0 radical (unpaired) electrons. The normalized spacial score (nSPS) is 18.6. The van der Waals surface area contributed by atoms with Crippen LogP contribution < -0.4 is 0 Å². The molecule has 0 unspecified atom stereocenters. The maximum absolute atomic E-state index is 12.9. The average Bonchev–Trinajstić information content (AvgIpc) is 2.14. The highest BCUT2D eigenvalue weighted by molar-refractivity contribution is 5.08. The van der Waals surface area contributed by atoms with Crippen molar-refractivity contribution in [2.75, 3.05) is 0 Å². The van der Waals surface area contributed by atoms with Gasteiger partial charge >= 0.3 is 18.5 Å². The number of nitrogens with zero attached hydrogens (tertiary/aromatic N) is 1. The molecule has 0 aromatic rings. The molecule has 1 aliphatic rings. The van der Waals surface area contributed by atoms with E-state index in [0.717, 1.165) is 6.08 Å². The Balaban J connectivity index is 3.18. The lowest BCUT2D eigenvalue weighted by molar-refractivity contribution is -0.400. The van der Waals surface area contributed by atoms with E-state index in [-0.39, 0.29) is 12.8 Å². The highest BCUT2D eigenvalue weighted by atomic mass is 19.4. The molecule has 0 spiro atoms. The topological polar surface area (TPSA) is 3.24 Å². The maximum atomic E-state index is 12.9. The van der Waals surface area contributed by atoms with Crippen LogP contribution >= 0.6 is 0 Å². The molecule has 1 aliphatic carbocycles. The average molecular weight is 283 g/mol. The van der Waals surface area contributed by atoms with E-state index in [2.05, 4.69) is 0 Å². The molecule has 0 atom stereocenters. The van der Waals surface area contributed by atoms with Crippen LogP contribution in [-0.4, -0.2) is 23.4 Å². The molecule has 0 aliphatic heterocycles. The van der Waals surface area contributed by atoms with E-state index < -0.39 is 35.5 Å². The quantitative estimate of drug-likeness (QED) is 0.535. The molecule has 0 fully saturated rings. The van der Waals surface area contributed by atoms with E-state index in [4.69, 9.17) is 0 Å². The molecule has 18 heavy (non-hydrogen) atoms. The van der Waals surface area contributed by atoms with Crippen molar-refractivity contribution in [3.05, 3.63) is 11.8 Å². The second-order valence-electron chi connectivity index (χ2n) is 3.78. The SMILES string of the molecule is FC(F)(F)N(C1=CCCCC1)C(F)(F)C(F)(F)F. The van der Waals surface area contributed by atoms with Gasteiger partial charge in [-0.25, -0.2) is 4.90 Å². The lowest BCUT2D eigenvalue weighted by Gasteiger charge is -2.37. The zero-order valence-corrected chi connectivity index (χ0v) is 8.88. The summed E-state index contributed by atoms with van der Waals surface area (Å²) in [4.78, 5) is -1.78. The largest absolute Gasteiger partial charge is 0.489 e. The van der Waals surface area contributed by atoms with Crippen LogP contribution in [0.15, 0.2) is 11.8 Å². The van der Waals surface area contributed by atoms with Crippen molar-refractivity contribution in [3.63, 3.8) is 0 Å². The lowest BCUT2D eigenvalue weighted by atomic mass is 10.0. The predicted molar refractivity (Wildman–Crippen MR) is 45.4 cm³/mol. The van der Waals surface area contributed by atoms with Gasteiger partial charge in [0.2, 0.25) is 0 Å². The highest BCUT2D eigenvalue weighted by Gasteiger charge is 2.68. The van der Waals surface area contributed by atoms with Gasteiger partial charge in [-0.2, -0.15) is 22.0 Å². The Morgan fingerprint density at radius 2 is 1.44 bits per heavy atom. The van der Waals surface area contributed by atoms with Crippen molar-refractivity contribution in [1.29, 1.82) is 0 Å². The van der Waals surface area contributed by atoms with Gasteiger partial charge in [0.05, 0.1) is 0 Å². The molecule has 0 bridgehead atoms. The van der Waals surface area contributed by atoms with E-state index in [9.17, 15) is 35.1 Å². The standard InChI is InChI=1S/C9H9F8N/c10-7(11,12)8(13,14)18(9(15,16)17)6-4-2-1-3-5-6/h4H,1-3,5H2. The van der Waals surface area contributed by atoms with Crippen LogP contribution in [0.1, 0.15) is 25.7 Å². The van der Waals surface area contributed by atoms with Crippen LogP contribution in [0.2, 0.25) is 0 Å². The highest BCUT2D eigenvalue weighted by Crippen LogP contribution is 2.47. The second-order valence-corrected chi connectivity index (χ2v) is 3.78. The molecule has 1 rings (SSSR count). The van der Waals surface area contributed by atoms with Crippen LogP contribution in [0, 0.1) is 0 Å². The molecule has 0 saturated carbocycles. The molecular formula is C9H9F8N. The Morgan fingerprint density at radius 3 is 1.78 bits per heavy atom. The maximum Gasteiger partial charge on any atom is 0.489 e. The van der Waals surface area contributed by atoms with Gasteiger partial charge in [0.25, 0.3) is 0 Å². The molecule has 0 N–H and O–H groups in total. The minimum Gasteiger partial charge on any atom is -0.220 e. The van der Waals surface area contributed by atoms with Gasteiger partial charge in [-0.1, -0.05) is 6.08 Å². The minimum atomic E-state index is -6.29. The van der Waals surface area contributed by atoms with Gasteiger partial charge in [0, 0.05) is 5.70 Å². The third-order valence-corrected chi connectivity index (χ3v) is 2.43. The third-order valence-electron chi connectivity index (χ3n) is 2.43. The van der Waals surface area contributed by atoms with Crippen LogP contribution in [0.3, 0.4) is 0 Å². The van der Waals surface area contributed by atoms with Crippen molar-refractivity contribution in [3.8, 4) is 0 Å². The summed E-state index contributed by atoms with van der Waals surface area (Å²) in [5.41, 5.74) is -1.03. The summed E-state index contributed by atoms with van der Waals surface area (Å²) in [5, 5.41) is 0. The summed E-state index contributed by atoms with van der Waals surface area (Å²) < 4.78 is 99.3. The van der Waals surface area contributed by atoms with Gasteiger partial charge in [-0.05, 0) is 25.7 Å². The number of hydrogen-bond acceptors (Lipinski definition) is 1. The first-order valence-corrected chi connectivity index (χ1v) is 4.98. The van der Waals surface area contributed by atoms with Gasteiger partial charge in [-0.3, -0.25) is 0 Å². The second kappa shape index (κ2) is 4.58. The fourth-order valence-corrected chi connectivity index (χ4v) is 1.65. The Morgan fingerprint density at radius 1 is 0.889 bits per heavy atom. The summed E-state index contributed by atoms with van der Waals surface area (Å²) >= 11 is 0. The fraction of sp³-hybridized carbons (Fsp3) is 0.778. The molecule has 0 aromatic heterocycles. The van der Waals surface area contributed by atoms with E-state index in [1.165, 1.54) is 0 Å². The zero-order valence-electron chi connectivity index (χ0n) is 8.88. The molecule has 0 heterocycles. The number of halogens is 8. The summed E-state index contributed by atoms with van der Waals surface area (Å²) in [5.74, 6) is 0. The zero-order chi connectivity index (χ0) is 14.2. The predicted octanol–water partition coefficient (Wildman–Crippen LogP) is 4.42. The molecule has 0 aromatic carbocycles. The van der Waals surface area contributed by atoms with E-state index in [0.29, 0.717) is 6.42 Å². The number of rotatable bonds is 2. The fourth-order valence-electron chi connectivity index (χ4n) is 1.65. The summed E-state index contributed by atoms with van der Waals surface area (Å²) in [6.45, 7) is 0. The van der Waals surface area contributed by atoms with Crippen molar-refractivity contribution in [2.45, 2.75) is 44.2 Å². The number of alkyl halides is 8.